The average molecular weight is 432 g/mol. The molecule has 1 saturated heterocycles. The summed E-state index contributed by atoms with van der Waals surface area (Å²) in [4.78, 5) is 19.8. The largest absolute Gasteiger partial charge is 0.416 e. The highest BCUT2D eigenvalue weighted by Gasteiger charge is 2.30. The summed E-state index contributed by atoms with van der Waals surface area (Å²) >= 11 is 0. The number of hydrogen-bond acceptors (Lipinski definition) is 2. The van der Waals surface area contributed by atoms with Gasteiger partial charge in [0.05, 0.1) is 5.56 Å². The number of carbonyl (C=O) groups excluding carboxylic acids is 1. The van der Waals surface area contributed by atoms with Crippen LogP contribution in [0.3, 0.4) is 0 Å². The van der Waals surface area contributed by atoms with Gasteiger partial charge in [-0.2, -0.15) is 13.2 Å². The van der Waals surface area contributed by atoms with Crippen molar-refractivity contribution >= 4 is 11.9 Å². The molecule has 166 valence electrons. The molecule has 1 fully saturated rings. The normalized spacial score (nSPS) is 14.8. The van der Waals surface area contributed by atoms with Gasteiger partial charge in [0.25, 0.3) is 0 Å². The first-order valence-corrected chi connectivity index (χ1v) is 10.2. The van der Waals surface area contributed by atoms with Gasteiger partial charge in [-0.25, -0.2) is 0 Å². The molecular weight excluding hydrogens is 405 g/mol. The fourth-order valence-electron chi connectivity index (χ4n) is 3.57. The summed E-state index contributed by atoms with van der Waals surface area (Å²) in [5, 5.41) is 3.27. The quantitative estimate of drug-likeness (QED) is 0.554. The third kappa shape index (κ3) is 6.23. The van der Waals surface area contributed by atoms with Crippen LogP contribution in [-0.2, 0) is 30.6 Å². The van der Waals surface area contributed by atoms with Crippen LogP contribution in [0.4, 0.5) is 13.2 Å². The van der Waals surface area contributed by atoms with Crippen LogP contribution in [0, 0.1) is 0 Å². The summed E-state index contributed by atoms with van der Waals surface area (Å²) in [6.45, 7) is 2.46. The Morgan fingerprint density at radius 1 is 1.06 bits per heavy atom. The second-order valence-electron chi connectivity index (χ2n) is 7.69. The van der Waals surface area contributed by atoms with E-state index in [1.54, 1.807) is 7.05 Å². The predicted octanol–water partition coefficient (Wildman–Crippen LogP) is 4.04. The molecule has 1 aliphatic rings. The third-order valence-electron chi connectivity index (χ3n) is 5.29. The Balaban J connectivity index is 1.52. The van der Waals surface area contributed by atoms with Crippen LogP contribution in [0.1, 0.15) is 35.1 Å². The molecule has 0 saturated carbocycles. The number of aliphatic imine (C=N–C) groups is 1. The smallest absolute Gasteiger partial charge is 0.352 e. The number of guanidine groups is 1. The summed E-state index contributed by atoms with van der Waals surface area (Å²) in [5.74, 6) is 0.859. The van der Waals surface area contributed by atoms with E-state index in [2.05, 4.69) is 10.3 Å². The monoisotopic (exact) mass is 432 g/mol. The van der Waals surface area contributed by atoms with Crippen LogP contribution < -0.4 is 5.32 Å². The zero-order valence-corrected chi connectivity index (χ0v) is 17.7. The molecule has 0 unspecified atom stereocenters. The van der Waals surface area contributed by atoms with Crippen LogP contribution in [0.15, 0.2) is 53.5 Å². The summed E-state index contributed by atoms with van der Waals surface area (Å²) in [6, 6.07) is 13.2. The van der Waals surface area contributed by atoms with E-state index in [9.17, 15) is 18.0 Å². The van der Waals surface area contributed by atoms with Gasteiger partial charge in [-0.15, -0.1) is 0 Å². The van der Waals surface area contributed by atoms with Gasteiger partial charge in [-0.05, 0) is 35.2 Å². The number of likely N-dealkylation sites (tertiary alicyclic amines) is 1. The Kier molecular flexibility index (Phi) is 7.20. The van der Waals surface area contributed by atoms with Gasteiger partial charge < -0.3 is 15.1 Å². The lowest BCUT2D eigenvalue weighted by molar-refractivity contribution is -0.137. The maximum absolute atomic E-state index is 12.7. The number of hydrogen-bond donors (Lipinski definition) is 1. The average Bonchev–Trinajstić information content (AvgIpc) is 3.14. The van der Waals surface area contributed by atoms with E-state index in [-0.39, 0.29) is 5.91 Å². The molecule has 0 bridgehead atoms. The zero-order valence-electron chi connectivity index (χ0n) is 17.7. The molecule has 0 radical (unpaired) electrons. The molecule has 2 aromatic carbocycles. The summed E-state index contributed by atoms with van der Waals surface area (Å²) < 4.78 is 38.1. The minimum absolute atomic E-state index is 0.214. The maximum Gasteiger partial charge on any atom is 0.416 e. The second kappa shape index (κ2) is 9.85. The van der Waals surface area contributed by atoms with Crippen molar-refractivity contribution in [1.29, 1.82) is 0 Å². The van der Waals surface area contributed by atoms with Gasteiger partial charge in [0, 0.05) is 46.7 Å². The van der Waals surface area contributed by atoms with E-state index in [0.717, 1.165) is 41.8 Å². The van der Waals surface area contributed by atoms with Crippen molar-refractivity contribution in [3.8, 4) is 0 Å². The van der Waals surface area contributed by atoms with E-state index in [1.165, 1.54) is 12.1 Å². The van der Waals surface area contributed by atoms with Gasteiger partial charge in [0.2, 0.25) is 5.91 Å². The topological polar surface area (TPSA) is 47.9 Å². The van der Waals surface area contributed by atoms with E-state index < -0.39 is 11.7 Å². The number of rotatable bonds is 6. The van der Waals surface area contributed by atoms with Crippen LogP contribution in [0.25, 0.3) is 0 Å². The van der Waals surface area contributed by atoms with Crippen molar-refractivity contribution in [3.05, 3.63) is 70.8 Å². The van der Waals surface area contributed by atoms with Crippen molar-refractivity contribution < 1.29 is 18.0 Å². The zero-order chi connectivity index (χ0) is 22.4. The first-order valence-electron chi connectivity index (χ1n) is 10.2. The van der Waals surface area contributed by atoms with Crippen LogP contribution in [0.5, 0.6) is 0 Å². The molecule has 1 heterocycles. The Morgan fingerprint density at radius 2 is 1.68 bits per heavy atom. The van der Waals surface area contributed by atoms with Crippen molar-refractivity contribution in [1.82, 2.24) is 15.1 Å². The number of carbonyl (C=O) groups is 1. The molecule has 31 heavy (non-hydrogen) atoms. The minimum atomic E-state index is -4.33. The number of nitrogens with one attached hydrogen (secondary N) is 1. The van der Waals surface area contributed by atoms with Crippen molar-refractivity contribution in [2.45, 2.75) is 38.7 Å². The fraction of sp³-hybridized carbons (Fsp3) is 0.391. The van der Waals surface area contributed by atoms with Gasteiger partial charge in [-0.1, -0.05) is 36.4 Å². The highest BCUT2D eigenvalue weighted by Crippen LogP contribution is 2.29. The standard InChI is InChI=1S/C23H27F3N4O/c1-27-22(29(2)15-18-9-11-20(12-10-18)23(24,25)26)28-14-17-5-7-19(8-6-17)16-30-13-3-4-21(30)31/h5-12H,3-4,13-16H2,1-2H3,(H,27,28). The molecule has 0 spiro atoms. The van der Waals surface area contributed by atoms with Crippen molar-refractivity contribution in [2.75, 3.05) is 20.6 Å². The van der Waals surface area contributed by atoms with Crippen molar-refractivity contribution in [3.63, 3.8) is 0 Å². The first-order chi connectivity index (χ1) is 14.8. The molecule has 5 nitrogen and oxygen atoms in total. The number of halogens is 3. The highest BCUT2D eigenvalue weighted by atomic mass is 19.4. The lowest BCUT2D eigenvalue weighted by Gasteiger charge is -2.22. The first kappa shape index (κ1) is 22.7. The molecule has 0 atom stereocenters. The van der Waals surface area contributed by atoms with E-state index in [0.29, 0.717) is 32.0 Å². The second-order valence-corrected chi connectivity index (χ2v) is 7.69. The van der Waals surface area contributed by atoms with Crippen molar-refractivity contribution in [2.24, 2.45) is 4.99 Å². The molecular formula is C23H27F3N4O. The predicted molar refractivity (Wildman–Crippen MR) is 114 cm³/mol. The molecule has 2 aromatic rings. The van der Waals surface area contributed by atoms with Crippen LogP contribution in [-0.4, -0.2) is 42.3 Å². The Bertz CT molecular complexity index is 908. The Morgan fingerprint density at radius 3 is 2.23 bits per heavy atom. The summed E-state index contributed by atoms with van der Waals surface area (Å²) in [7, 11) is 3.50. The fourth-order valence-corrected chi connectivity index (χ4v) is 3.57. The molecule has 1 amide bonds. The number of benzene rings is 2. The van der Waals surface area contributed by atoms with E-state index in [4.69, 9.17) is 0 Å². The number of alkyl halides is 3. The maximum atomic E-state index is 12.7. The third-order valence-corrected chi connectivity index (χ3v) is 5.29. The molecule has 1 aliphatic heterocycles. The van der Waals surface area contributed by atoms with Gasteiger partial charge in [0.1, 0.15) is 0 Å². The van der Waals surface area contributed by atoms with E-state index in [1.807, 2.05) is 41.1 Å². The molecule has 1 N–H and O–H groups in total. The van der Waals surface area contributed by atoms with Gasteiger partial charge in [-0.3, -0.25) is 9.79 Å². The minimum Gasteiger partial charge on any atom is -0.352 e. The Hall–Kier alpha value is -3.03. The van der Waals surface area contributed by atoms with E-state index >= 15 is 0 Å². The molecule has 8 heteroatoms. The summed E-state index contributed by atoms with van der Waals surface area (Å²) in [6.07, 6.45) is -2.76. The van der Waals surface area contributed by atoms with Gasteiger partial charge >= 0.3 is 6.18 Å². The summed E-state index contributed by atoms with van der Waals surface area (Å²) in [5.41, 5.74) is 2.28. The number of amides is 1. The lowest BCUT2D eigenvalue weighted by atomic mass is 10.1. The highest BCUT2D eigenvalue weighted by molar-refractivity contribution is 5.79. The lowest BCUT2D eigenvalue weighted by Crippen LogP contribution is -2.38. The molecule has 0 aliphatic carbocycles. The SMILES string of the molecule is CN=C(NCc1ccc(CN2CCCC2=O)cc1)N(C)Cc1ccc(C(F)(F)F)cc1. The van der Waals surface area contributed by atoms with Crippen LogP contribution in [0.2, 0.25) is 0 Å². The number of nitrogens with zero attached hydrogens (tertiary/aromatic N) is 3. The van der Waals surface area contributed by atoms with Crippen LogP contribution >= 0.6 is 0 Å². The van der Waals surface area contributed by atoms with Gasteiger partial charge in [0.15, 0.2) is 5.96 Å². The Labute approximate surface area is 180 Å². The molecule has 0 aromatic heterocycles. The molecule has 3 rings (SSSR count).